The SMILES string of the molecule is CCOc1cc(C(C)N(CCCCc2ccccc2)C(=O)NC2(C(=O)OC)CCC2)cc(OCC)c1C(C)O. The molecule has 2 aromatic rings. The molecule has 1 aliphatic rings. The smallest absolute Gasteiger partial charge is 0.331 e. The zero-order valence-electron chi connectivity index (χ0n) is 24.0. The normalized spacial score (nSPS) is 15.4. The molecule has 2 unspecified atom stereocenters. The van der Waals surface area contributed by atoms with Crippen LogP contribution in [-0.4, -0.2) is 54.4 Å². The average Bonchev–Trinajstić information content (AvgIpc) is 2.90. The number of carbonyl (C=O) groups excluding carboxylic acids is 2. The molecular weight excluding hydrogens is 496 g/mol. The highest BCUT2D eigenvalue weighted by atomic mass is 16.5. The van der Waals surface area contributed by atoms with E-state index in [1.54, 1.807) is 11.8 Å². The number of unbranched alkanes of at least 4 members (excludes halogenated alkanes) is 1. The molecule has 3 rings (SSSR count). The summed E-state index contributed by atoms with van der Waals surface area (Å²) in [6, 6.07) is 13.4. The molecule has 2 aromatic carbocycles. The third-order valence-corrected chi connectivity index (χ3v) is 7.44. The van der Waals surface area contributed by atoms with Crippen molar-refractivity contribution in [3.63, 3.8) is 0 Å². The summed E-state index contributed by atoms with van der Waals surface area (Å²) < 4.78 is 16.8. The van der Waals surface area contributed by atoms with Gasteiger partial charge in [-0.05, 0) is 89.5 Å². The second-order valence-corrected chi connectivity index (χ2v) is 10.1. The molecular formula is C31H44N2O6. The minimum absolute atomic E-state index is 0.303. The van der Waals surface area contributed by atoms with E-state index in [2.05, 4.69) is 17.4 Å². The van der Waals surface area contributed by atoms with Gasteiger partial charge in [-0.3, -0.25) is 0 Å². The Morgan fingerprint density at radius 2 is 1.64 bits per heavy atom. The van der Waals surface area contributed by atoms with Crippen LogP contribution in [0.25, 0.3) is 0 Å². The zero-order valence-corrected chi connectivity index (χ0v) is 24.0. The van der Waals surface area contributed by atoms with E-state index in [1.807, 2.05) is 51.1 Å². The van der Waals surface area contributed by atoms with Crippen LogP contribution in [0.1, 0.15) is 88.6 Å². The standard InChI is InChI=1S/C31H44N2O6/c1-6-38-26-20-25(21-27(39-7-2)28(26)23(4)34)22(3)33(19-12-11-16-24-14-9-8-10-15-24)30(36)32-31(17-13-18-31)29(35)37-5/h8-10,14-15,20-23,34H,6-7,11-13,16-19H2,1-5H3,(H,32,36). The van der Waals surface area contributed by atoms with Crippen molar-refractivity contribution in [1.82, 2.24) is 10.2 Å². The van der Waals surface area contributed by atoms with Gasteiger partial charge in [-0.25, -0.2) is 9.59 Å². The number of methoxy groups -OCH3 is 1. The van der Waals surface area contributed by atoms with Crippen molar-refractivity contribution in [2.75, 3.05) is 26.9 Å². The predicted octanol–water partition coefficient (Wildman–Crippen LogP) is 5.73. The number of benzene rings is 2. The maximum absolute atomic E-state index is 13.8. The van der Waals surface area contributed by atoms with Crippen molar-refractivity contribution in [3.05, 3.63) is 59.2 Å². The number of carbonyl (C=O) groups is 2. The summed E-state index contributed by atoms with van der Waals surface area (Å²) >= 11 is 0. The third kappa shape index (κ3) is 7.44. The van der Waals surface area contributed by atoms with E-state index in [9.17, 15) is 14.7 Å². The topological polar surface area (TPSA) is 97.3 Å². The Bertz CT molecular complexity index is 1060. The fourth-order valence-corrected chi connectivity index (χ4v) is 5.11. The first-order valence-corrected chi connectivity index (χ1v) is 14.1. The zero-order chi connectivity index (χ0) is 28.4. The number of nitrogens with zero attached hydrogens (tertiary/aromatic N) is 1. The van der Waals surface area contributed by atoms with Crippen molar-refractivity contribution >= 4 is 12.0 Å². The van der Waals surface area contributed by atoms with Gasteiger partial charge in [0.1, 0.15) is 17.0 Å². The van der Waals surface area contributed by atoms with Crippen LogP contribution < -0.4 is 14.8 Å². The molecule has 8 nitrogen and oxygen atoms in total. The Labute approximate surface area is 232 Å². The van der Waals surface area contributed by atoms with Crippen molar-refractivity contribution in [1.29, 1.82) is 0 Å². The van der Waals surface area contributed by atoms with Gasteiger partial charge in [0, 0.05) is 6.54 Å². The number of hydrogen-bond acceptors (Lipinski definition) is 6. The molecule has 1 fully saturated rings. The third-order valence-electron chi connectivity index (χ3n) is 7.44. The van der Waals surface area contributed by atoms with E-state index in [-0.39, 0.29) is 12.1 Å². The maximum Gasteiger partial charge on any atom is 0.331 e. The molecule has 0 aromatic heterocycles. The van der Waals surface area contributed by atoms with Crippen LogP contribution in [0.15, 0.2) is 42.5 Å². The highest BCUT2D eigenvalue weighted by Gasteiger charge is 2.47. The van der Waals surface area contributed by atoms with Crippen LogP contribution in [0.3, 0.4) is 0 Å². The molecule has 0 heterocycles. The quantitative estimate of drug-likeness (QED) is 0.235. The Hall–Kier alpha value is -3.26. The molecule has 0 spiro atoms. The molecule has 0 bridgehead atoms. The molecule has 214 valence electrons. The van der Waals surface area contributed by atoms with Gasteiger partial charge in [0.05, 0.1) is 38.0 Å². The first kappa shape index (κ1) is 30.3. The molecule has 0 saturated heterocycles. The molecule has 8 heteroatoms. The van der Waals surface area contributed by atoms with Gasteiger partial charge in [0.25, 0.3) is 0 Å². The summed E-state index contributed by atoms with van der Waals surface area (Å²) in [6.45, 7) is 8.78. The molecule has 0 aliphatic heterocycles. The van der Waals surface area contributed by atoms with Crippen molar-refractivity contribution in [2.24, 2.45) is 0 Å². The number of amides is 2. The lowest BCUT2D eigenvalue weighted by Gasteiger charge is -2.41. The lowest BCUT2D eigenvalue weighted by Crippen LogP contribution is -2.62. The van der Waals surface area contributed by atoms with Gasteiger partial charge in [0.2, 0.25) is 0 Å². The number of esters is 1. The summed E-state index contributed by atoms with van der Waals surface area (Å²) in [5, 5.41) is 13.5. The van der Waals surface area contributed by atoms with E-state index >= 15 is 0 Å². The van der Waals surface area contributed by atoms with E-state index < -0.39 is 17.6 Å². The highest BCUT2D eigenvalue weighted by molar-refractivity contribution is 5.88. The Morgan fingerprint density at radius 1 is 1.03 bits per heavy atom. The van der Waals surface area contributed by atoms with Gasteiger partial charge >= 0.3 is 12.0 Å². The van der Waals surface area contributed by atoms with E-state index in [0.29, 0.717) is 49.7 Å². The van der Waals surface area contributed by atoms with E-state index in [0.717, 1.165) is 31.2 Å². The summed E-state index contributed by atoms with van der Waals surface area (Å²) in [5.41, 5.74) is 1.70. The summed E-state index contributed by atoms with van der Waals surface area (Å²) in [7, 11) is 1.35. The first-order chi connectivity index (χ1) is 18.8. The Balaban J connectivity index is 1.89. The van der Waals surface area contributed by atoms with E-state index in [1.165, 1.54) is 12.7 Å². The molecule has 2 N–H and O–H groups in total. The lowest BCUT2D eigenvalue weighted by molar-refractivity contribution is -0.152. The predicted molar refractivity (Wildman–Crippen MR) is 151 cm³/mol. The molecule has 39 heavy (non-hydrogen) atoms. The number of urea groups is 1. The fourth-order valence-electron chi connectivity index (χ4n) is 5.11. The minimum atomic E-state index is -0.975. The molecule has 2 amide bonds. The Morgan fingerprint density at radius 3 is 2.13 bits per heavy atom. The number of aliphatic hydroxyl groups is 1. The Kier molecular flexibility index (Phi) is 11.0. The number of nitrogens with one attached hydrogen (secondary N) is 1. The van der Waals surface area contributed by atoms with Crippen LogP contribution in [0.4, 0.5) is 4.79 Å². The summed E-state index contributed by atoms with van der Waals surface area (Å²) in [4.78, 5) is 28.1. The molecule has 2 atom stereocenters. The van der Waals surface area contributed by atoms with Crippen molar-refractivity contribution in [2.45, 2.75) is 83.9 Å². The second-order valence-electron chi connectivity index (χ2n) is 10.1. The first-order valence-electron chi connectivity index (χ1n) is 14.1. The van der Waals surface area contributed by atoms with E-state index in [4.69, 9.17) is 14.2 Å². The van der Waals surface area contributed by atoms with Gasteiger partial charge in [-0.2, -0.15) is 0 Å². The van der Waals surface area contributed by atoms with Crippen LogP contribution in [0.2, 0.25) is 0 Å². The molecule has 1 aliphatic carbocycles. The number of aryl methyl sites for hydroxylation is 1. The molecule has 1 saturated carbocycles. The number of ether oxygens (including phenoxy) is 3. The largest absolute Gasteiger partial charge is 0.493 e. The number of rotatable bonds is 14. The maximum atomic E-state index is 13.8. The van der Waals surface area contributed by atoms with Gasteiger partial charge in [0.15, 0.2) is 0 Å². The lowest BCUT2D eigenvalue weighted by atomic mass is 9.77. The average molecular weight is 541 g/mol. The van der Waals surface area contributed by atoms with Gasteiger partial charge < -0.3 is 29.5 Å². The van der Waals surface area contributed by atoms with Crippen LogP contribution in [-0.2, 0) is 16.0 Å². The second kappa shape index (κ2) is 14.2. The number of aliphatic hydroxyl groups excluding tert-OH is 1. The van der Waals surface area contributed by atoms with Crippen molar-refractivity contribution < 1.29 is 28.9 Å². The minimum Gasteiger partial charge on any atom is -0.493 e. The highest BCUT2D eigenvalue weighted by Crippen LogP contribution is 2.39. The monoisotopic (exact) mass is 540 g/mol. The summed E-state index contributed by atoms with van der Waals surface area (Å²) in [6.07, 6.45) is 3.83. The van der Waals surface area contributed by atoms with Crippen LogP contribution in [0.5, 0.6) is 11.5 Å². The van der Waals surface area contributed by atoms with Crippen LogP contribution in [0, 0.1) is 0 Å². The molecule has 0 radical (unpaired) electrons. The van der Waals surface area contributed by atoms with Crippen molar-refractivity contribution in [3.8, 4) is 11.5 Å². The number of hydrogen-bond donors (Lipinski definition) is 2. The summed E-state index contributed by atoms with van der Waals surface area (Å²) in [5.74, 6) is 0.668. The fraction of sp³-hybridized carbons (Fsp3) is 0.548. The van der Waals surface area contributed by atoms with Gasteiger partial charge in [-0.15, -0.1) is 0 Å². The van der Waals surface area contributed by atoms with Gasteiger partial charge in [-0.1, -0.05) is 30.3 Å². The van der Waals surface area contributed by atoms with Crippen LogP contribution >= 0.6 is 0 Å².